The van der Waals surface area contributed by atoms with Gasteiger partial charge in [-0.15, -0.1) is 11.3 Å². The monoisotopic (exact) mass is 426 g/mol. The fourth-order valence-electron chi connectivity index (χ4n) is 4.36. The molecule has 1 saturated carbocycles. The van der Waals surface area contributed by atoms with E-state index in [0.717, 1.165) is 63.9 Å². The first-order valence-electron chi connectivity index (χ1n) is 11.0. The quantitative estimate of drug-likeness (QED) is 0.710. The van der Waals surface area contributed by atoms with Crippen molar-refractivity contribution in [3.05, 3.63) is 47.0 Å². The second-order valence-corrected chi connectivity index (χ2v) is 9.25. The van der Waals surface area contributed by atoms with Crippen molar-refractivity contribution >= 4 is 28.3 Å². The molecule has 6 nitrogen and oxygen atoms in total. The van der Waals surface area contributed by atoms with Gasteiger partial charge in [0, 0.05) is 37.0 Å². The molecule has 2 aromatic rings. The number of rotatable bonds is 7. The molecular formula is C23H30N4O2S. The van der Waals surface area contributed by atoms with E-state index < -0.39 is 0 Å². The van der Waals surface area contributed by atoms with Crippen LogP contribution in [0.25, 0.3) is 0 Å². The highest BCUT2D eigenvalue weighted by Gasteiger charge is 2.24. The summed E-state index contributed by atoms with van der Waals surface area (Å²) in [5.74, 6) is 0.198. The Morgan fingerprint density at radius 1 is 1.07 bits per heavy atom. The van der Waals surface area contributed by atoms with Crippen molar-refractivity contribution in [2.45, 2.75) is 57.5 Å². The molecular weight excluding hydrogens is 396 g/mol. The third kappa shape index (κ3) is 5.89. The summed E-state index contributed by atoms with van der Waals surface area (Å²) in [6.07, 6.45) is 6.41. The molecule has 1 aliphatic carbocycles. The minimum absolute atomic E-state index is 0.00970. The minimum Gasteiger partial charge on any atom is -0.353 e. The topological polar surface area (TPSA) is 74.3 Å². The fraction of sp³-hybridized carbons (Fsp3) is 0.522. The van der Waals surface area contributed by atoms with E-state index >= 15 is 0 Å². The molecule has 0 radical (unpaired) electrons. The zero-order chi connectivity index (χ0) is 20.8. The average Bonchev–Trinajstić information content (AvgIpc) is 3.43. The van der Waals surface area contributed by atoms with Crippen molar-refractivity contribution in [1.82, 2.24) is 15.2 Å². The molecule has 0 spiro atoms. The van der Waals surface area contributed by atoms with Crippen molar-refractivity contribution in [2.75, 3.05) is 18.4 Å². The normalized spacial score (nSPS) is 18.4. The number of carbonyl (C=O) groups excluding carboxylic acids is 2. The molecule has 160 valence electrons. The van der Waals surface area contributed by atoms with E-state index in [1.165, 1.54) is 16.9 Å². The molecule has 2 N–H and O–H groups in total. The summed E-state index contributed by atoms with van der Waals surface area (Å²) in [6.45, 7) is 2.96. The lowest BCUT2D eigenvalue weighted by Crippen LogP contribution is -2.44. The Hall–Kier alpha value is -2.25. The zero-order valence-electron chi connectivity index (χ0n) is 17.3. The summed E-state index contributed by atoms with van der Waals surface area (Å²) in [5, 5.41) is 8.54. The maximum Gasteiger partial charge on any atom is 0.229 e. The van der Waals surface area contributed by atoms with Crippen LogP contribution in [0.2, 0.25) is 0 Å². The first-order chi connectivity index (χ1) is 14.7. The predicted octanol–water partition coefficient (Wildman–Crippen LogP) is 3.60. The summed E-state index contributed by atoms with van der Waals surface area (Å²) >= 11 is 1.40. The Bertz CT molecular complexity index is 840. The molecule has 0 atom stereocenters. The fourth-order valence-corrected chi connectivity index (χ4v) is 5.07. The van der Waals surface area contributed by atoms with E-state index in [4.69, 9.17) is 0 Å². The van der Waals surface area contributed by atoms with Gasteiger partial charge >= 0.3 is 0 Å². The maximum absolute atomic E-state index is 12.4. The van der Waals surface area contributed by atoms with Crippen LogP contribution in [0.15, 0.2) is 35.7 Å². The van der Waals surface area contributed by atoms with Gasteiger partial charge in [-0.1, -0.05) is 43.2 Å². The minimum atomic E-state index is 0.00970. The number of aromatic nitrogens is 1. The molecule has 4 rings (SSSR count). The van der Waals surface area contributed by atoms with E-state index in [2.05, 4.69) is 44.8 Å². The standard InChI is InChI=1S/C23H30N4O2S/c28-21(14-20-16-30-23(25-20)26-22(29)18-8-4-5-9-18)24-19-10-12-27(13-11-19)15-17-6-2-1-3-7-17/h1-3,6-7,16,18-19H,4-5,8-15H2,(H,24,28)(H,25,26,29). The summed E-state index contributed by atoms with van der Waals surface area (Å²) in [7, 11) is 0. The van der Waals surface area contributed by atoms with Crippen molar-refractivity contribution in [1.29, 1.82) is 0 Å². The number of thiazole rings is 1. The van der Waals surface area contributed by atoms with Gasteiger partial charge in [0.2, 0.25) is 11.8 Å². The highest BCUT2D eigenvalue weighted by Crippen LogP contribution is 2.26. The summed E-state index contributed by atoms with van der Waals surface area (Å²) in [6, 6.07) is 10.7. The highest BCUT2D eigenvalue weighted by atomic mass is 32.1. The van der Waals surface area contributed by atoms with Crippen LogP contribution in [0.4, 0.5) is 5.13 Å². The first-order valence-corrected chi connectivity index (χ1v) is 11.8. The van der Waals surface area contributed by atoms with Crippen molar-refractivity contribution < 1.29 is 9.59 Å². The van der Waals surface area contributed by atoms with Gasteiger partial charge in [-0.2, -0.15) is 0 Å². The van der Waals surface area contributed by atoms with Gasteiger partial charge in [-0.25, -0.2) is 4.98 Å². The Balaban J connectivity index is 1.18. The number of hydrogen-bond donors (Lipinski definition) is 2. The number of nitrogens with zero attached hydrogens (tertiary/aromatic N) is 2. The van der Waals surface area contributed by atoms with Gasteiger partial charge in [0.15, 0.2) is 5.13 Å². The average molecular weight is 427 g/mol. The van der Waals surface area contributed by atoms with Gasteiger partial charge in [0.1, 0.15) is 0 Å². The molecule has 1 aromatic carbocycles. The van der Waals surface area contributed by atoms with Crippen LogP contribution < -0.4 is 10.6 Å². The van der Waals surface area contributed by atoms with Crippen LogP contribution in [0, 0.1) is 5.92 Å². The van der Waals surface area contributed by atoms with Gasteiger partial charge < -0.3 is 10.6 Å². The lowest BCUT2D eigenvalue weighted by atomic mass is 10.0. The second-order valence-electron chi connectivity index (χ2n) is 8.39. The van der Waals surface area contributed by atoms with E-state index in [-0.39, 0.29) is 30.2 Å². The molecule has 30 heavy (non-hydrogen) atoms. The molecule has 0 unspecified atom stereocenters. The number of piperidine rings is 1. The van der Waals surface area contributed by atoms with E-state index in [0.29, 0.717) is 5.13 Å². The number of hydrogen-bond acceptors (Lipinski definition) is 5. The lowest BCUT2D eigenvalue weighted by Gasteiger charge is -2.32. The predicted molar refractivity (Wildman–Crippen MR) is 119 cm³/mol. The third-order valence-corrected chi connectivity index (χ3v) is 6.86. The summed E-state index contributed by atoms with van der Waals surface area (Å²) in [4.78, 5) is 31.5. The van der Waals surface area contributed by atoms with Gasteiger partial charge in [-0.05, 0) is 31.2 Å². The van der Waals surface area contributed by atoms with Crippen molar-refractivity contribution in [2.24, 2.45) is 5.92 Å². The smallest absolute Gasteiger partial charge is 0.229 e. The zero-order valence-corrected chi connectivity index (χ0v) is 18.1. The highest BCUT2D eigenvalue weighted by molar-refractivity contribution is 7.13. The Kier molecular flexibility index (Phi) is 7.12. The first kappa shape index (κ1) is 21.0. The van der Waals surface area contributed by atoms with Crippen LogP contribution >= 0.6 is 11.3 Å². The summed E-state index contributed by atoms with van der Waals surface area (Å²) < 4.78 is 0. The van der Waals surface area contributed by atoms with E-state index in [1.807, 2.05) is 11.4 Å². The molecule has 1 aromatic heterocycles. The van der Waals surface area contributed by atoms with Gasteiger partial charge in [0.05, 0.1) is 12.1 Å². The van der Waals surface area contributed by atoms with Gasteiger partial charge in [0.25, 0.3) is 0 Å². The Morgan fingerprint density at radius 2 is 1.80 bits per heavy atom. The van der Waals surface area contributed by atoms with Crippen LogP contribution in [-0.2, 0) is 22.6 Å². The molecule has 2 heterocycles. The molecule has 2 fully saturated rings. The summed E-state index contributed by atoms with van der Waals surface area (Å²) in [5.41, 5.74) is 2.06. The number of benzene rings is 1. The number of carbonyl (C=O) groups is 2. The largest absolute Gasteiger partial charge is 0.353 e. The van der Waals surface area contributed by atoms with Crippen LogP contribution in [0.1, 0.15) is 49.8 Å². The number of likely N-dealkylation sites (tertiary alicyclic amines) is 1. The SMILES string of the molecule is O=C(Cc1csc(NC(=O)C2CCCC2)n1)NC1CCN(Cc2ccccc2)CC1. The lowest BCUT2D eigenvalue weighted by molar-refractivity contribution is -0.121. The maximum atomic E-state index is 12.4. The molecule has 0 bridgehead atoms. The second kappa shape index (κ2) is 10.2. The molecule has 2 amide bonds. The Labute approximate surface area is 182 Å². The van der Waals surface area contributed by atoms with Crippen molar-refractivity contribution in [3.8, 4) is 0 Å². The van der Waals surface area contributed by atoms with Crippen LogP contribution in [0.5, 0.6) is 0 Å². The van der Waals surface area contributed by atoms with Crippen LogP contribution in [0.3, 0.4) is 0 Å². The van der Waals surface area contributed by atoms with E-state index in [1.54, 1.807) is 0 Å². The number of amides is 2. The van der Waals surface area contributed by atoms with Gasteiger partial charge in [-0.3, -0.25) is 14.5 Å². The number of anilines is 1. The molecule has 2 aliphatic rings. The van der Waals surface area contributed by atoms with E-state index in [9.17, 15) is 9.59 Å². The molecule has 1 saturated heterocycles. The molecule has 7 heteroatoms. The number of nitrogens with one attached hydrogen (secondary N) is 2. The van der Waals surface area contributed by atoms with Crippen molar-refractivity contribution in [3.63, 3.8) is 0 Å². The molecule has 1 aliphatic heterocycles. The Morgan fingerprint density at radius 3 is 2.53 bits per heavy atom. The third-order valence-electron chi connectivity index (χ3n) is 6.05. The van der Waals surface area contributed by atoms with Crippen LogP contribution in [-0.4, -0.2) is 40.8 Å².